The highest BCUT2D eigenvalue weighted by atomic mass is 15.1. The third kappa shape index (κ3) is 6.01. The van der Waals surface area contributed by atoms with E-state index in [1.54, 1.807) is 0 Å². The first-order chi connectivity index (χ1) is 31.9. The standard InChI is InChI=1S/C63H50N2/c1-41(2)43-23-29-49(30-24-43)64(47-15-7-5-8-16-47)51-33-37-53-45(39-51)27-35-57-58-36-28-46-40-52(65(48-17-9-6-10-18-48)50-31-25-44(26-32-50)42(3)4)34-38-54(46)62(58)63(61(53)57)59-21-13-11-19-55(59)56-20-12-14-22-60(56)63/h5-42H,1-4H3. The van der Waals surface area contributed by atoms with Gasteiger partial charge in [-0.05, 0) is 162 Å². The zero-order valence-corrected chi connectivity index (χ0v) is 37.3. The fourth-order valence-corrected chi connectivity index (χ4v) is 11.1. The molecule has 0 saturated carbocycles. The summed E-state index contributed by atoms with van der Waals surface area (Å²) in [7, 11) is 0. The van der Waals surface area contributed by atoms with Gasteiger partial charge in [0.2, 0.25) is 0 Å². The molecule has 0 atom stereocenters. The minimum atomic E-state index is -0.530. The highest BCUT2D eigenvalue weighted by molar-refractivity contribution is 6.10. The van der Waals surface area contributed by atoms with Crippen LogP contribution >= 0.6 is 0 Å². The van der Waals surface area contributed by atoms with Crippen molar-refractivity contribution in [2.75, 3.05) is 9.80 Å². The molecular weight excluding hydrogens is 785 g/mol. The van der Waals surface area contributed by atoms with Crippen molar-refractivity contribution in [1.82, 2.24) is 0 Å². The Kier molecular flexibility index (Phi) is 9.14. The van der Waals surface area contributed by atoms with Crippen LogP contribution in [0.15, 0.2) is 218 Å². The van der Waals surface area contributed by atoms with Crippen LogP contribution in [0.25, 0.3) is 43.8 Å². The molecule has 10 aromatic rings. The molecule has 0 saturated heterocycles. The van der Waals surface area contributed by atoms with Crippen LogP contribution in [0.1, 0.15) is 72.9 Å². The van der Waals surface area contributed by atoms with Gasteiger partial charge in [-0.2, -0.15) is 0 Å². The van der Waals surface area contributed by atoms with E-state index in [0.717, 1.165) is 34.1 Å². The summed E-state index contributed by atoms with van der Waals surface area (Å²) in [5, 5.41) is 5.01. The summed E-state index contributed by atoms with van der Waals surface area (Å²) in [6, 6.07) is 81.8. The monoisotopic (exact) mass is 834 g/mol. The Labute approximate surface area is 382 Å². The van der Waals surface area contributed by atoms with Gasteiger partial charge in [-0.1, -0.05) is 173 Å². The van der Waals surface area contributed by atoms with Crippen molar-refractivity contribution >= 4 is 55.7 Å². The molecule has 0 unspecified atom stereocenters. The third-order valence-corrected chi connectivity index (χ3v) is 14.2. The second kappa shape index (κ2) is 15.2. The minimum absolute atomic E-state index is 0.468. The molecule has 2 aliphatic carbocycles. The van der Waals surface area contributed by atoms with Gasteiger partial charge < -0.3 is 9.80 Å². The van der Waals surface area contributed by atoms with Crippen molar-refractivity contribution in [3.8, 4) is 22.3 Å². The van der Waals surface area contributed by atoms with E-state index in [1.807, 2.05) is 0 Å². The van der Waals surface area contributed by atoms with Crippen LogP contribution in [-0.4, -0.2) is 0 Å². The highest BCUT2D eigenvalue weighted by Crippen LogP contribution is 2.65. The second-order valence-electron chi connectivity index (χ2n) is 18.5. The largest absolute Gasteiger partial charge is 0.310 e. The molecular formula is C63H50N2. The molecule has 0 N–H and O–H groups in total. The average molecular weight is 835 g/mol. The fourth-order valence-electron chi connectivity index (χ4n) is 11.1. The van der Waals surface area contributed by atoms with E-state index in [4.69, 9.17) is 0 Å². The SMILES string of the molecule is CC(C)c1ccc(N(c2ccccc2)c2ccc3c4c(ccc3c2)-c2ccc3cc(N(c5ccccc5)c5ccc(C(C)C)cc5)ccc3c2C42c3ccccc3-c3ccccc32)cc1. The lowest BCUT2D eigenvalue weighted by molar-refractivity contribution is 0.809. The molecule has 10 aromatic carbocycles. The van der Waals surface area contributed by atoms with Crippen LogP contribution < -0.4 is 9.80 Å². The van der Waals surface area contributed by atoms with Gasteiger partial charge in [0, 0.05) is 34.1 Å². The maximum Gasteiger partial charge on any atom is 0.0737 e. The topological polar surface area (TPSA) is 6.48 Å². The van der Waals surface area contributed by atoms with Gasteiger partial charge in [0.05, 0.1) is 5.41 Å². The Morgan fingerprint density at radius 2 is 0.662 bits per heavy atom. The Morgan fingerprint density at radius 1 is 0.308 bits per heavy atom. The molecule has 0 radical (unpaired) electrons. The maximum atomic E-state index is 2.40. The quantitative estimate of drug-likeness (QED) is 0.150. The van der Waals surface area contributed by atoms with Crippen LogP contribution in [0.2, 0.25) is 0 Å². The molecule has 0 fully saturated rings. The number of hydrogen-bond acceptors (Lipinski definition) is 2. The predicted molar refractivity (Wildman–Crippen MR) is 275 cm³/mol. The predicted octanol–water partition coefficient (Wildman–Crippen LogP) is 17.5. The molecule has 2 aliphatic rings. The molecule has 1 spiro atoms. The molecule has 2 nitrogen and oxygen atoms in total. The highest BCUT2D eigenvalue weighted by Gasteiger charge is 2.53. The number of benzene rings is 10. The van der Waals surface area contributed by atoms with Crippen molar-refractivity contribution in [2.24, 2.45) is 0 Å². The van der Waals surface area contributed by atoms with Crippen molar-refractivity contribution in [2.45, 2.75) is 44.9 Å². The lowest BCUT2D eigenvalue weighted by atomic mass is 9.68. The Hall–Kier alpha value is -7.68. The number of fused-ring (bicyclic) bond motifs is 14. The number of hydrogen-bond donors (Lipinski definition) is 0. The molecule has 0 bridgehead atoms. The van der Waals surface area contributed by atoms with Crippen LogP contribution in [0.5, 0.6) is 0 Å². The first-order valence-corrected chi connectivity index (χ1v) is 23.1. The lowest BCUT2D eigenvalue weighted by Gasteiger charge is -2.33. The fraction of sp³-hybridized carbons (Fsp3) is 0.111. The van der Waals surface area contributed by atoms with Crippen molar-refractivity contribution < 1.29 is 0 Å². The Balaban J connectivity index is 1.08. The molecule has 2 heteroatoms. The molecule has 65 heavy (non-hydrogen) atoms. The van der Waals surface area contributed by atoms with Crippen LogP contribution in [0.4, 0.5) is 34.1 Å². The van der Waals surface area contributed by atoms with Crippen LogP contribution in [0.3, 0.4) is 0 Å². The number of para-hydroxylation sites is 2. The van der Waals surface area contributed by atoms with Gasteiger partial charge in [0.25, 0.3) is 0 Å². The molecule has 312 valence electrons. The van der Waals surface area contributed by atoms with E-state index in [1.165, 1.54) is 77.2 Å². The smallest absolute Gasteiger partial charge is 0.0737 e. The van der Waals surface area contributed by atoms with Crippen molar-refractivity contribution in [3.05, 3.63) is 252 Å². The van der Waals surface area contributed by atoms with Crippen LogP contribution in [-0.2, 0) is 5.41 Å². The number of rotatable bonds is 8. The summed E-state index contributed by atoms with van der Waals surface area (Å²) in [6.45, 7) is 9.02. The second-order valence-corrected chi connectivity index (χ2v) is 18.5. The first-order valence-electron chi connectivity index (χ1n) is 23.1. The molecule has 12 rings (SSSR count). The third-order valence-electron chi connectivity index (χ3n) is 14.2. The van der Waals surface area contributed by atoms with Gasteiger partial charge in [0.15, 0.2) is 0 Å². The first kappa shape index (κ1) is 39.0. The zero-order chi connectivity index (χ0) is 43.8. The van der Waals surface area contributed by atoms with Crippen molar-refractivity contribution in [3.63, 3.8) is 0 Å². The average Bonchev–Trinajstić information content (AvgIpc) is 3.83. The molecule has 0 aliphatic heterocycles. The number of anilines is 6. The normalized spacial score (nSPS) is 13.0. The van der Waals surface area contributed by atoms with Gasteiger partial charge in [0.1, 0.15) is 0 Å². The van der Waals surface area contributed by atoms with E-state index >= 15 is 0 Å². The van der Waals surface area contributed by atoms with Crippen LogP contribution in [0, 0.1) is 0 Å². The molecule has 0 heterocycles. The van der Waals surface area contributed by atoms with Gasteiger partial charge in [-0.15, -0.1) is 0 Å². The summed E-state index contributed by atoms with van der Waals surface area (Å²) >= 11 is 0. The molecule has 0 aromatic heterocycles. The van der Waals surface area contributed by atoms with Gasteiger partial charge in [-0.3, -0.25) is 0 Å². The van der Waals surface area contributed by atoms with Gasteiger partial charge in [-0.25, -0.2) is 0 Å². The summed E-state index contributed by atoms with van der Waals surface area (Å²) < 4.78 is 0. The van der Waals surface area contributed by atoms with E-state index in [0.29, 0.717) is 11.8 Å². The summed E-state index contributed by atoms with van der Waals surface area (Å²) in [5.74, 6) is 0.935. The maximum absolute atomic E-state index is 2.40. The zero-order valence-electron chi connectivity index (χ0n) is 37.3. The summed E-state index contributed by atoms with van der Waals surface area (Å²) in [6.07, 6.45) is 0. The lowest BCUT2D eigenvalue weighted by Crippen LogP contribution is -2.26. The molecule has 0 amide bonds. The minimum Gasteiger partial charge on any atom is -0.310 e. The van der Waals surface area contributed by atoms with Gasteiger partial charge >= 0.3 is 0 Å². The number of nitrogens with zero attached hydrogens (tertiary/aromatic N) is 2. The van der Waals surface area contributed by atoms with Crippen molar-refractivity contribution in [1.29, 1.82) is 0 Å². The van der Waals surface area contributed by atoms with E-state index in [9.17, 15) is 0 Å². The Morgan fingerprint density at radius 3 is 1.06 bits per heavy atom. The van der Waals surface area contributed by atoms with E-state index in [-0.39, 0.29) is 0 Å². The summed E-state index contributed by atoms with van der Waals surface area (Å²) in [4.78, 5) is 4.79. The van der Waals surface area contributed by atoms with E-state index < -0.39 is 5.41 Å². The van der Waals surface area contributed by atoms with E-state index in [2.05, 4.69) is 256 Å². The Bertz CT molecular complexity index is 3190. The summed E-state index contributed by atoms with van der Waals surface area (Å²) in [5.41, 5.74) is 19.6.